The maximum Gasteiger partial charge on any atom is 0.118 e. The minimum atomic E-state index is -0.848. The fourth-order valence-electron chi connectivity index (χ4n) is 4.54. The quantitative estimate of drug-likeness (QED) is 0.387. The van der Waals surface area contributed by atoms with E-state index in [1.165, 1.54) is 32.7 Å². The summed E-state index contributed by atoms with van der Waals surface area (Å²) in [5, 5.41) is 25.7. The first-order valence-electron chi connectivity index (χ1n) is 7.75. The second-order valence-electron chi connectivity index (χ2n) is 6.68. The summed E-state index contributed by atoms with van der Waals surface area (Å²) < 4.78 is 5.65. The normalized spacial score (nSPS) is 30.8. The van der Waals surface area contributed by atoms with Crippen molar-refractivity contribution in [2.45, 2.75) is 30.8 Å². The lowest BCUT2D eigenvalue weighted by Gasteiger charge is -2.25. The molecule has 22 heavy (non-hydrogen) atoms. The van der Waals surface area contributed by atoms with Crippen LogP contribution in [0.2, 0.25) is 0 Å². The van der Waals surface area contributed by atoms with Gasteiger partial charge >= 0.3 is 0 Å². The SMILES string of the molecule is O[C@@H]1[C@@H]2O[C@@H]2c2c(cc3c4c2ccc2cccc(c24)C3)[C@H]1O. The number of rotatable bonds is 0. The molecule has 0 aromatic heterocycles. The fraction of sp³-hybridized carbons (Fsp3) is 0.263. The summed E-state index contributed by atoms with van der Waals surface area (Å²) in [6, 6.07) is 12.8. The van der Waals surface area contributed by atoms with Gasteiger partial charge in [-0.2, -0.15) is 0 Å². The molecule has 2 aliphatic carbocycles. The van der Waals surface area contributed by atoms with E-state index in [4.69, 9.17) is 4.74 Å². The van der Waals surface area contributed by atoms with E-state index in [9.17, 15) is 10.2 Å². The highest BCUT2D eigenvalue weighted by Gasteiger charge is 2.54. The number of aliphatic hydroxyl groups is 2. The first-order chi connectivity index (χ1) is 10.7. The van der Waals surface area contributed by atoms with E-state index in [0.717, 1.165) is 17.5 Å². The van der Waals surface area contributed by atoms with E-state index < -0.39 is 12.2 Å². The van der Waals surface area contributed by atoms with Gasteiger partial charge in [0.1, 0.15) is 24.4 Å². The molecule has 1 heterocycles. The standard InChI is InChI=1S/C19H14O3/c20-16-12-7-10-6-9-3-1-2-8-4-5-11(14(10)13(8)9)15(12)18-19(22-18)17(16)21/h1-5,7,16-21H,6H2/t16-,17+,18-,19+/m1/s1. The Bertz CT molecular complexity index is 991. The molecule has 2 N–H and O–H groups in total. The van der Waals surface area contributed by atoms with Crippen LogP contribution in [0.3, 0.4) is 0 Å². The molecule has 0 radical (unpaired) electrons. The van der Waals surface area contributed by atoms with E-state index in [1.807, 2.05) is 0 Å². The number of aliphatic hydroxyl groups excluding tert-OH is 2. The predicted molar refractivity (Wildman–Crippen MR) is 82.8 cm³/mol. The van der Waals surface area contributed by atoms with Crippen LogP contribution in [0.15, 0.2) is 36.4 Å². The summed E-state index contributed by atoms with van der Waals surface area (Å²) in [4.78, 5) is 0. The molecule has 108 valence electrons. The zero-order valence-corrected chi connectivity index (χ0v) is 11.8. The van der Waals surface area contributed by atoms with Gasteiger partial charge in [0.25, 0.3) is 0 Å². The van der Waals surface area contributed by atoms with Gasteiger partial charge in [0.15, 0.2) is 0 Å². The number of benzene rings is 3. The Balaban J connectivity index is 1.80. The van der Waals surface area contributed by atoms with E-state index >= 15 is 0 Å². The largest absolute Gasteiger partial charge is 0.387 e. The zero-order chi connectivity index (χ0) is 14.6. The highest BCUT2D eigenvalue weighted by molar-refractivity contribution is 6.14. The van der Waals surface area contributed by atoms with Crippen LogP contribution in [0.4, 0.5) is 0 Å². The van der Waals surface area contributed by atoms with Crippen LogP contribution in [0.1, 0.15) is 34.5 Å². The number of hydrogen-bond acceptors (Lipinski definition) is 3. The fourth-order valence-corrected chi connectivity index (χ4v) is 4.54. The summed E-state index contributed by atoms with van der Waals surface area (Å²) >= 11 is 0. The summed E-state index contributed by atoms with van der Waals surface area (Å²) in [7, 11) is 0. The summed E-state index contributed by atoms with van der Waals surface area (Å²) in [6.45, 7) is 0. The molecule has 1 saturated heterocycles. The van der Waals surface area contributed by atoms with Gasteiger partial charge in [-0.25, -0.2) is 0 Å². The molecule has 1 fully saturated rings. The molecule has 3 nitrogen and oxygen atoms in total. The molecular formula is C19H14O3. The second-order valence-corrected chi connectivity index (χ2v) is 6.68. The first kappa shape index (κ1) is 11.6. The lowest BCUT2D eigenvalue weighted by Crippen LogP contribution is -2.29. The zero-order valence-electron chi connectivity index (χ0n) is 11.8. The third-order valence-corrected chi connectivity index (χ3v) is 5.55. The molecule has 3 aromatic rings. The maximum absolute atomic E-state index is 10.5. The van der Waals surface area contributed by atoms with Gasteiger partial charge in [-0.05, 0) is 50.2 Å². The molecule has 0 unspecified atom stereocenters. The van der Waals surface area contributed by atoms with Crippen molar-refractivity contribution < 1.29 is 14.9 Å². The predicted octanol–water partition coefficient (Wildman–Crippen LogP) is 2.75. The van der Waals surface area contributed by atoms with E-state index in [2.05, 4.69) is 36.4 Å². The number of hydrogen-bond donors (Lipinski definition) is 2. The molecule has 4 atom stereocenters. The van der Waals surface area contributed by atoms with Crippen LogP contribution in [-0.2, 0) is 11.2 Å². The monoisotopic (exact) mass is 290 g/mol. The number of ether oxygens (including phenoxy) is 1. The topological polar surface area (TPSA) is 53.0 Å². The van der Waals surface area contributed by atoms with Gasteiger partial charge in [0.05, 0.1) is 0 Å². The molecule has 6 rings (SSSR count). The van der Waals surface area contributed by atoms with Crippen molar-refractivity contribution in [3.63, 3.8) is 0 Å². The summed E-state index contributed by atoms with van der Waals surface area (Å²) in [5.74, 6) is 0. The molecule has 0 bridgehead atoms. The smallest absolute Gasteiger partial charge is 0.118 e. The maximum atomic E-state index is 10.5. The molecule has 1 aliphatic heterocycles. The Hall–Kier alpha value is -1.94. The molecule has 3 aromatic carbocycles. The molecule has 3 aliphatic rings. The Morgan fingerprint density at radius 2 is 1.91 bits per heavy atom. The highest BCUT2D eigenvalue weighted by atomic mass is 16.6. The third-order valence-electron chi connectivity index (χ3n) is 5.55. The van der Waals surface area contributed by atoms with Crippen LogP contribution < -0.4 is 0 Å². The van der Waals surface area contributed by atoms with Crippen LogP contribution in [0.25, 0.3) is 21.5 Å². The van der Waals surface area contributed by atoms with Crippen molar-refractivity contribution in [3.8, 4) is 0 Å². The Morgan fingerprint density at radius 1 is 1.00 bits per heavy atom. The highest BCUT2D eigenvalue weighted by Crippen LogP contribution is 2.55. The molecular weight excluding hydrogens is 276 g/mol. The van der Waals surface area contributed by atoms with Crippen LogP contribution in [0, 0.1) is 0 Å². The Kier molecular flexibility index (Phi) is 1.85. The minimum Gasteiger partial charge on any atom is -0.387 e. The van der Waals surface area contributed by atoms with Crippen molar-refractivity contribution >= 4 is 21.5 Å². The first-order valence-corrected chi connectivity index (χ1v) is 7.75. The summed E-state index contributed by atoms with van der Waals surface area (Å²) in [6.07, 6.45) is -1.07. The Labute approximate surface area is 126 Å². The van der Waals surface area contributed by atoms with Gasteiger partial charge < -0.3 is 14.9 Å². The van der Waals surface area contributed by atoms with Crippen molar-refractivity contribution in [1.82, 2.24) is 0 Å². The van der Waals surface area contributed by atoms with Crippen molar-refractivity contribution in [2.24, 2.45) is 0 Å². The van der Waals surface area contributed by atoms with Crippen molar-refractivity contribution in [1.29, 1.82) is 0 Å². The molecule has 0 amide bonds. The number of fused-ring (bicyclic) bond motifs is 4. The minimum absolute atomic E-state index is 0.0623. The van der Waals surface area contributed by atoms with Gasteiger partial charge in [-0.15, -0.1) is 0 Å². The molecule has 0 spiro atoms. The van der Waals surface area contributed by atoms with E-state index in [1.54, 1.807) is 0 Å². The van der Waals surface area contributed by atoms with Gasteiger partial charge in [-0.1, -0.05) is 36.4 Å². The van der Waals surface area contributed by atoms with Gasteiger partial charge in [0.2, 0.25) is 0 Å². The van der Waals surface area contributed by atoms with E-state index in [0.29, 0.717) is 0 Å². The average molecular weight is 290 g/mol. The van der Waals surface area contributed by atoms with Crippen LogP contribution >= 0.6 is 0 Å². The lowest BCUT2D eigenvalue weighted by molar-refractivity contribution is 0.0000768. The Morgan fingerprint density at radius 3 is 2.82 bits per heavy atom. The van der Waals surface area contributed by atoms with Crippen LogP contribution in [-0.4, -0.2) is 22.4 Å². The van der Waals surface area contributed by atoms with Crippen molar-refractivity contribution in [2.75, 3.05) is 0 Å². The number of epoxide rings is 1. The van der Waals surface area contributed by atoms with E-state index in [-0.39, 0.29) is 12.2 Å². The van der Waals surface area contributed by atoms with Crippen molar-refractivity contribution in [3.05, 3.63) is 58.7 Å². The second kappa shape index (κ2) is 3.51. The third kappa shape index (κ3) is 1.17. The van der Waals surface area contributed by atoms with Crippen LogP contribution in [0.5, 0.6) is 0 Å². The molecule has 3 heteroatoms. The average Bonchev–Trinajstić information content (AvgIpc) is 3.24. The molecule has 0 saturated carbocycles. The van der Waals surface area contributed by atoms with Gasteiger partial charge in [0, 0.05) is 0 Å². The van der Waals surface area contributed by atoms with Gasteiger partial charge in [-0.3, -0.25) is 0 Å². The summed E-state index contributed by atoms with van der Waals surface area (Å²) in [5.41, 5.74) is 4.54. The lowest BCUT2D eigenvalue weighted by atomic mass is 9.82.